The highest BCUT2D eigenvalue weighted by Gasteiger charge is 2.50. The van der Waals surface area contributed by atoms with Gasteiger partial charge in [-0.25, -0.2) is 4.31 Å². The Labute approximate surface area is 154 Å². The number of benzene rings is 1. The zero-order chi connectivity index (χ0) is 16.5. The maximum Gasteiger partial charge on any atom is 0.270 e. The maximum absolute atomic E-state index is 12.9. The summed E-state index contributed by atoms with van der Waals surface area (Å²) in [6.45, 7) is 3.86. The van der Waals surface area contributed by atoms with Gasteiger partial charge in [0.15, 0.2) is 10.6 Å². The largest absolute Gasteiger partial charge is 0.466 e. The molecule has 122 valence electrons. The minimum atomic E-state index is -1.57. The van der Waals surface area contributed by atoms with Crippen molar-refractivity contribution in [3.05, 3.63) is 29.8 Å². The van der Waals surface area contributed by atoms with Gasteiger partial charge in [0, 0.05) is 12.8 Å². The van der Waals surface area contributed by atoms with Crippen LogP contribution in [0.5, 0.6) is 5.75 Å². The molecule has 3 nitrogen and oxygen atoms in total. The van der Waals surface area contributed by atoms with Gasteiger partial charge in [-0.3, -0.25) is 4.79 Å². The quantitative estimate of drug-likeness (QED) is 0.472. The lowest BCUT2D eigenvalue weighted by Gasteiger charge is -2.46. The molecule has 0 N–H and O–H groups in total. The number of carbonyl (C=O) groups excluding carboxylic acids is 1. The standard InChI is InChI=1S/C14H15Cl4NO2S/c1-3-13(4-2)19(22-14(17,18)12(15)16)11(20)9-7-5-6-8-10(9)21-13/h5-8,12H,3-4H2,1-2H3. The van der Waals surface area contributed by atoms with Crippen LogP contribution in [0.2, 0.25) is 0 Å². The molecule has 1 aliphatic heterocycles. The molecule has 0 saturated carbocycles. The number of carbonyl (C=O) groups is 1. The first-order chi connectivity index (χ1) is 10.3. The highest BCUT2D eigenvalue weighted by molar-refractivity contribution is 8.01. The van der Waals surface area contributed by atoms with Gasteiger partial charge in [-0.1, -0.05) is 49.2 Å². The van der Waals surface area contributed by atoms with E-state index in [1.54, 1.807) is 18.2 Å². The van der Waals surface area contributed by atoms with Crippen LogP contribution < -0.4 is 4.74 Å². The van der Waals surface area contributed by atoms with E-state index in [4.69, 9.17) is 51.1 Å². The van der Waals surface area contributed by atoms with E-state index in [1.165, 1.54) is 4.31 Å². The molecule has 0 fully saturated rings. The highest BCUT2D eigenvalue weighted by atomic mass is 35.5. The van der Waals surface area contributed by atoms with Gasteiger partial charge in [-0.15, -0.1) is 23.2 Å². The number of halogens is 4. The van der Waals surface area contributed by atoms with Gasteiger partial charge < -0.3 is 4.74 Å². The summed E-state index contributed by atoms with van der Waals surface area (Å²) in [6.07, 6.45) is 1.13. The monoisotopic (exact) mass is 401 g/mol. The molecule has 0 spiro atoms. The van der Waals surface area contributed by atoms with E-state index in [-0.39, 0.29) is 5.91 Å². The summed E-state index contributed by atoms with van der Waals surface area (Å²) in [4.78, 5) is 11.8. The second-order valence-electron chi connectivity index (χ2n) is 4.80. The van der Waals surface area contributed by atoms with Gasteiger partial charge in [0.25, 0.3) is 5.91 Å². The number of alkyl halides is 4. The molecule has 8 heteroatoms. The van der Waals surface area contributed by atoms with Crippen molar-refractivity contribution in [3.8, 4) is 5.75 Å². The summed E-state index contributed by atoms with van der Waals surface area (Å²) in [5, 5.41) is 0. The third-order valence-electron chi connectivity index (χ3n) is 3.54. The summed E-state index contributed by atoms with van der Waals surface area (Å²) >= 11 is 24.8. The number of hydrogen-bond donors (Lipinski definition) is 0. The fourth-order valence-electron chi connectivity index (χ4n) is 2.24. The Hall–Kier alpha value is -0.000000000000000111. The first-order valence-electron chi connectivity index (χ1n) is 6.75. The number of hydrogen-bond acceptors (Lipinski definition) is 3. The van der Waals surface area contributed by atoms with E-state index >= 15 is 0 Å². The fourth-order valence-corrected chi connectivity index (χ4v) is 3.86. The van der Waals surface area contributed by atoms with E-state index in [0.717, 1.165) is 11.9 Å². The highest BCUT2D eigenvalue weighted by Crippen LogP contribution is 2.50. The molecule has 0 aromatic heterocycles. The Morgan fingerprint density at radius 2 is 1.86 bits per heavy atom. The van der Waals surface area contributed by atoms with Crippen molar-refractivity contribution < 1.29 is 9.53 Å². The third kappa shape index (κ3) is 3.27. The normalized spacial score (nSPS) is 17.4. The van der Waals surface area contributed by atoms with E-state index < -0.39 is 14.2 Å². The van der Waals surface area contributed by atoms with Gasteiger partial charge in [0.1, 0.15) is 5.75 Å². The topological polar surface area (TPSA) is 29.5 Å². The number of ether oxygens (including phenoxy) is 1. The average molecular weight is 403 g/mol. The van der Waals surface area contributed by atoms with Crippen molar-refractivity contribution in [2.75, 3.05) is 0 Å². The molecule has 0 aliphatic carbocycles. The van der Waals surface area contributed by atoms with Crippen molar-refractivity contribution in [2.24, 2.45) is 0 Å². The minimum absolute atomic E-state index is 0.227. The van der Waals surface area contributed by atoms with Crippen LogP contribution in [0.1, 0.15) is 37.0 Å². The Bertz CT molecular complexity index is 564. The molecule has 1 aliphatic rings. The third-order valence-corrected chi connectivity index (χ3v) is 6.91. The summed E-state index contributed by atoms with van der Waals surface area (Å²) in [7, 11) is 0. The van der Waals surface area contributed by atoms with Crippen LogP contribution in [0, 0.1) is 0 Å². The van der Waals surface area contributed by atoms with Crippen LogP contribution in [0.3, 0.4) is 0 Å². The van der Waals surface area contributed by atoms with Gasteiger partial charge in [-0.05, 0) is 24.1 Å². The predicted molar refractivity (Wildman–Crippen MR) is 94.1 cm³/mol. The smallest absolute Gasteiger partial charge is 0.270 e. The molecular formula is C14H15Cl4NO2S. The number of fused-ring (bicyclic) bond motifs is 1. The lowest BCUT2D eigenvalue weighted by atomic mass is 10.0. The molecular weight excluding hydrogens is 388 g/mol. The van der Waals surface area contributed by atoms with Crippen LogP contribution in [0.4, 0.5) is 0 Å². The molecule has 22 heavy (non-hydrogen) atoms. The van der Waals surface area contributed by atoms with Gasteiger partial charge in [0.05, 0.1) is 5.56 Å². The fraction of sp³-hybridized carbons (Fsp3) is 0.500. The molecule has 0 atom stereocenters. The van der Waals surface area contributed by atoms with Crippen molar-refractivity contribution in [3.63, 3.8) is 0 Å². The molecule has 0 bridgehead atoms. The Kier molecular flexibility index (Phi) is 5.72. The molecule has 1 amide bonds. The first kappa shape index (κ1) is 18.3. The second-order valence-corrected chi connectivity index (χ2v) is 8.93. The van der Waals surface area contributed by atoms with Crippen molar-refractivity contribution >= 4 is 64.3 Å². The van der Waals surface area contributed by atoms with Crippen LogP contribution in [0.25, 0.3) is 0 Å². The predicted octanol–water partition coefficient (Wildman–Crippen LogP) is 5.62. The summed E-state index contributed by atoms with van der Waals surface area (Å²) in [5.74, 6) is 0.325. The van der Waals surface area contributed by atoms with Gasteiger partial charge in [-0.2, -0.15) is 0 Å². The Morgan fingerprint density at radius 1 is 1.27 bits per heavy atom. The van der Waals surface area contributed by atoms with Crippen molar-refractivity contribution in [1.29, 1.82) is 0 Å². The first-order valence-corrected chi connectivity index (χ1v) is 9.15. The van der Waals surface area contributed by atoms with Crippen molar-refractivity contribution in [2.45, 2.75) is 40.9 Å². The average Bonchev–Trinajstić information content (AvgIpc) is 2.50. The molecule has 2 rings (SSSR count). The van der Waals surface area contributed by atoms with E-state index in [0.29, 0.717) is 24.2 Å². The lowest BCUT2D eigenvalue weighted by Crippen LogP contribution is -2.56. The Balaban J connectivity index is 2.47. The number of amides is 1. The molecule has 1 heterocycles. The van der Waals surface area contributed by atoms with Gasteiger partial charge in [0.2, 0.25) is 3.67 Å². The van der Waals surface area contributed by atoms with Crippen LogP contribution in [-0.4, -0.2) is 24.4 Å². The van der Waals surface area contributed by atoms with Crippen LogP contribution >= 0.6 is 58.4 Å². The van der Waals surface area contributed by atoms with Gasteiger partial charge >= 0.3 is 0 Å². The Morgan fingerprint density at radius 3 is 2.41 bits per heavy atom. The summed E-state index contributed by atoms with van der Waals surface area (Å²) in [6, 6.07) is 7.07. The molecule has 1 aromatic rings. The van der Waals surface area contributed by atoms with E-state index in [1.807, 2.05) is 19.9 Å². The van der Waals surface area contributed by atoms with E-state index in [2.05, 4.69) is 0 Å². The van der Waals surface area contributed by atoms with E-state index in [9.17, 15) is 4.79 Å². The molecule has 1 aromatic carbocycles. The van der Waals surface area contributed by atoms with Crippen LogP contribution in [-0.2, 0) is 0 Å². The minimum Gasteiger partial charge on any atom is -0.466 e. The summed E-state index contributed by atoms with van der Waals surface area (Å²) in [5.41, 5.74) is -0.397. The lowest BCUT2D eigenvalue weighted by molar-refractivity contribution is -0.0367. The second kappa shape index (κ2) is 6.86. The number of nitrogens with zero attached hydrogens (tertiary/aromatic N) is 1. The molecule has 0 saturated heterocycles. The van der Waals surface area contributed by atoms with Crippen molar-refractivity contribution in [1.82, 2.24) is 4.31 Å². The molecule has 0 unspecified atom stereocenters. The SMILES string of the molecule is CCC1(CC)Oc2ccccc2C(=O)N1SC(Cl)(Cl)C(Cl)Cl. The zero-order valence-corrected chi connectivity index (χ0v) is 15.8. The summed E-state index contributed by atoms with van der Waals surface area (Å²) < 4.78 is 5.99. The zero-order valence-electron chi connectivity index (χ0n) is 12.0. The number of para-hydroxylation sites is 1. The number of rotatable bonds is 5. The van der Waals surface area contributed by atoms with Crippen LogP contribution in [0.15, 0.2) is 24.3 Å². The molecule has 0 radical (unpaired) electrons. The maximum atomic E-state index is 12.9.